The first-order valence-corrected chi connectivity index (χ1v) is 7.76. The number of ether oxygens (including phenoxy) is 2. The van der Waals surface area contributed by atoms with Crippen molar-refractivity contribution in [3.63, 3.8) is 0 Å². The fourth-order valence-corrected chi connectivity index (χ4v) is 3.73. The van der Waals surface area contributed by atoms with E-state index in [-0.39, 0.29) is 25.4 Å². The number of hydrogen-bond acceptors (Lipinski definition) is 4. The van der Waals surface area contributed by atoms with E-state index in [1.165, 1.54) is 0 Å². The lowest BCUT2D eigenvalue weighted by atomic mass is 10.3. The summed E-state index contributed by atoms with van der Waals surface area (Å²) in [6.45, 7) is 1.77. The van der Waals surface area contributed by atoms with Crippen molar-refractivity contribution < 1.29 is 19.1 Å². The zero-order chi connectivity index (χ0) is 14.4. The quantitative estimate of drug-likeness (QED) is 0.479. The van der Waals surface area contributed by atoms with Gasteiger partial charge in [0.1, 0.15) is 18.8 Å². The summed E-state index contributed by atoms with van der Waals surface area (Å²) in [5.41, 5.74) is 0. The molecule has 1 aromatic rings. The second-order valence-corrected chi connectivity index (χ2v) is 6.13. The predicted octanol–water partition coefficient (Wildman–Crippen LogP) is 3.88. The Hall–Kier alpha value is -0.400. The van der Waals surface area contributed by atoms with Crippen LogP contribution in [0.1, 0.15) is 13.3 Å². The highest BCUT2D eigenvalue weighted by atomic mass is 79.9. The van der Waals surface area contributed by atoms with Crippen molar-refractivity contribution in [2.24, 2.45) is 0 Å². The lowest BCUT2D eigenvalue weighted by Crippen LogP contribution is -2.17. The summed E-state index contributed by atoms with van der Waals surface area (Å²) in [5, 5.41) is 0. The van der Waals surface area contributed by atoms with E-state index in [4.69, 9.17) is 4.74 Å². The highest BCUT2D eigenvalue weighted by Gasteiger charge is 2.14. The number of benzene rings is 1. The molecule has 0 atom stereocenters. The van der Waals surface area contributed by atoms with E-state index >= 15 is 0 Å². The topological polar surface area (TPSA) is 52.6 Å². The molecule has 19 heavy (non-hydrogen) atoms. The van der Waals surface area contributed by atoms with E-state index < -0.39 is 5.97 Å². The second-order valence-electron chi connectivity index (χ2n) is 3.51. The van der Waals surface area contributed by atoms with Gasteiger partial charge in [-0.25, -0.2) is 0 Å². The third-order valence-electron chi connectivity index (χ3n) is 1.99. The van der Waals surface area contributed by atoms with Gasteiger partial charge in [-0.15, -0.1) is 0 Å². The third kappa shape index (κ3) is 5.62. The third-order valence-corrected chi connectivity index (χ3v) is 3.62. The Bertz CT molecular complexity index is 465. The van der Waals surface area contributed by atoms with Crippen LogP contribution in [0.3, 0.4) is 0 Å². The first kappa shape index (κ1) is 16.7. The molecule has 104 valence electrons. The fraction of sp³-hybridized carbons (Fsp3) is 0.333. The molecule has 0 aliphatic heterocycles. The Morgan fingerprint density at radius 3 is 2.26 bits per heavy atom. The zero-order valence-corrected chi connectivity index (χ0v) is 14.8. The molecule has 0 saturated carbocycles. The van der Waals surface area contributed by atoms with Gasteiger partial charge in [0.15, 0.2) is 5.78 Å². The summed E-state index contributed by atoms with van der Waals surface area (Å²) < 4.78 is 12.4. The molecular formula is C12H11Br3O4. The molecule has 0 saturated heterocycles. The molecular weight excluding hydrogens is 448 g/mol. The molecule has 1 aromatic carbocycles. The van der Waals surface area contributed by atoms with Gasteiger partial charge in [0.2, 0.25) is 0 Å². The van der Waals surface area contributed by atoms with Crippen LogP contribution in [0.5, 0.6) is 5.75 Å². The molecule has 0 amide bonds. The number of carbonyl (C=O) groups excluding carboxylic acids is 2. The van der Waals surface area contributed by atoms with Crippen molar-refractivity contribution in [2.45, 2.75) is 13.3 Å². The van der Waals surface area contributed by atoms with E-state index in [1.54, 1.807) is 19.1 Å². The lowest BCUT2D eigenvalue weighted by Gasteiger charge is -2.10. The van der Waals surface area contributed by atoms with Crippen molar-refractivity contribution in [2.75, 3.05) is 13.2 Å². The van der Waals surface area contributed by atoms with Crippen molar-refractivity contribution in [3.8, 4) is 5.75 Å². The summed E-state index contributed by atoms with van der Waals surface area (Å²) in [7, 11) is 0. The van der Waals surface area contributed by atoms with E-state index in [1.807, 2.05) is 0 Å². The maximum atomic E-state index is 11.5. The molecule has 0 aliphatic rings. The maximum Gasteiger partial charge on any atom is 0.313 e. The van der Waals surface area contributed by atoms with E-state index in [9.17, 15) is 9.59 Å². The van der Waals surface area contributed by atoms with Gasteiger partial charge >= 0.3 is 5.97 Å². The van der Waals surface area contributed by atoms with Crippen LogP contribution in [0.25, 0.3) is 0 Å². The average molecular weight is 459 g/mol. The largest absolute Gasteiger partial charge is 0.483 e. The van der Waals surface area contributed by atoms with Crippen molar-refractivity contribution in [1.29, 1.82) is 0 Å². The number of esters is 1. The van der Waals surface area contributed by atoms with Gasteiger partial charge in [0, 0.05) is 4.47 Å². The van der Waals surface area contributed by atoms with Crippen LogP contribution >= 0.6 is 47.8 Å². The number of ketones is 1. The molecule has 0 aromatic heterocycles. The number of Topliss-reactive ketones (excluding diaryl/α,β-unsaturated/α-hetero) is 1. The zero-order valence-electron chi connectivity index (χ0n) is 10.0. The van der Waals surface area contributed by atoms with Gasteiger partial charge in [-0.05, 0) is 50.9 Å². The van der Waals surface area contributed by atoms with Gasteiger partial charge in [-0.1, -0.05) is 15.9 Å². The molecule has 0 bridgehead atoms. The van der Waals surface area contributed by atoms with Gasteiger partial charge < -0.3 is 9.47 Å². The smallest absolute Gasteiger partial charge is 0.313 e. The standard InChI is InChI=1S/C12H11Br3O4/c1-2-18-11(17)5-8(16)6-19-12-9(14)3-7(13)4-10(12)15/h3-4H,2,5-6H2,1H3. The molecule has 0 N–H and O–H groups in total. The van der Waals surface area contributed by atoms with Crippen molar-refractivity contribution >= 4 is 59.5 Å². The molecule has 1 rings (SSSR count). The fourth-order valence-electron chi connectivity index (χ4n) is 1.24. The first-order valence-electron chi connectivity index (χ1n) is 5.38. The second kappa shape index (κ2) is 8.01. The van der Waals surface area contributed by atoms with Crippen LogP contribution in [0, 0.1) is 0 Å². The Kier molecular flexibility index (Phi) is 7.02. The summed E-state index contributed by atoms with van der Waals surface area (Å²) in [5.74, 6) is -0.356. The normalized spacial score (nSPS) is 10.1. The Balaban J connectivity index is 2.58. The predicted molar refractivity (Wildman–Crippen MR) is 81.3 cm³/mol. The lowest BCUT2D eigenvalue weighted by molar-refractivity contribution is -0.145. The summed E-state index contributed by atoms with van der Waals surface area (Å²) in [4.78, 5) is 22.6. The van der Waals surface area contributed by atoms with Crippen LogP contribution in [-0.2, 0) is 14.3 Å². The minimum Gasteiger partial charge on any atom is -0.483 e. The Morgan fingerprint density at radius 1 is 1.16 bits per heavy atom. The summed E-state index contributed by atoms with van der Waals surface area (Å²) >= 11 is 10.0. The molecule has 0 radical (unpaired) electrons. The van der Waals surface area contributed by atoms with Gasteiger partial charge in [0.25, 0.3) is 0 Å². The van der Waals surface area contributed by atoms with Crippen LogP contribution in [0.4, 0.5) is 0 Å². The molecule has 4 nitrogen and oxygen atoms in total. The number of hydrogen-bond donors (Lipinski definition) is 0. The molecule has 0 spiro atoms. The van der Waals surface area contributed by atoms with Crippen LogP contribution in [-0.4, -0.2) is 25.0 Å². The number of rotatable bonds is 6. The van der Waals surface area contributed by atoms with Crippen LogP contribution < -0.4 is 4.74 Å². The molecule has 7 heteroatoms. The van der Waals surface area contributed by atoms with Crippen LogP contribution in [0.15, 0.2) is 25.6 Å². The minimum absolute atomic E-state index is 0.183. The maximum absolute atomic E-state index is 11.5. The Labute approximate surface area is 136 Å². The van der Waals surface area contributed by atoms with Crippen molar-refractivity contribution in [1.82, 2.24) is 0 Å². The molecule has 0 aliphatic carbocycles. The number of carbonyl (C=O) groups is 2. The summed E-state index contributed by atoms with van der Waals surface area (Å²) in [6.07, 6.45) is -0.278. The average Bonchev–Trinajstić information content (AvgIpc) is 2.27. The highest BCUT2D eigenvalue weighted by molar-refractivity contribution is 9.11. The van der Waals surface area contributed by atoms with Crippen molar-refractivity contribution in [3.05, 3.63) is 25.6 Å². The van der Waals surface area contributed by atoms with E-state index in [2.05, 4.69) is 52.5 Å². The Morgan fingerprint density at radius 2 is 1.74 bits per heavy atom. The molecule has 0 heterocycles. The van der Waals surface area contributed by atoms with Gasteiger partial charge in [-0.2, -0.15) is 0 Å². The summed E-state index contributed by atoms with van der Waals surface area (Å²) in [6, 6.07) is 3.60. The molecule has 0 fully saturated rings. The van der Waals surface area contributed by atoms with E-state index in [0.717, 1.165) is 4.47 Å². The SMILES string of the molecule is CCOC(=O)CC(=O)COc1c(Br)cc(Br)cc1Br. The highest BCUT2D eigenvalue weighted by Crippen LogP contribution is 2.36. The monoisotopic (exact) mass is 456 g/mol. The van der Waals surface area contributed by atoms with Crippen LogP contribution in [0.2, 0.25) is 0 Å². The van der Waals surface area contributed by atoms with Gasteiger partial charge in [0.05, 0.1) is 15.6 Å². The first-order chi connectivity index (χ1) is 8.93. The molecule has 0 unspecified atom stereocenters. The number of halogens is 3. The van der Waals surface area contributed by atoms with Gasteiger partial charge in [-0.3, -0.25) is 9.59 Å². The minimum atomic E-state index is -0.537. The van der Waals surface area contributed by atoms with E-state index in [0.29, 0.717) is 14.7 Å².